The van der Waals surface area contributed by atoms with Crippen molar-refractivity contribution in [1.82, 2.24) is 4.98 Å². The van der Waals surface area contributed by atoms with Crippen molar-refractivity contribution in [3.8, 4) is 5.75 Å². The number of rotatable bonds is 12. The predicted octanol–water partition coefficient (Wildman–Crippen LogP) is 3.88. The van der Waals surface area contributed by atoms with Gasteiger partial charge in [0, 0.05) is 32.8 Å². The molecule has 1 atom stereocenters. The van der Waals surface area contributed by atoms with E-state index in [1.54, 1.807) is 39.5 Å². The zero-order valence-electron chi connectivity index (χ0n) is 24.3. The van der Waals surface area contributed by atoms with Gasteiger partial charge in [-0.3, -0.25) is 0 Å². The first kappa shape index (κ1) is 33.4. The Kier molecular flexibility index (Phi) is 11.8. The maximum absolute atomic E-state index is 11.7. The van der Waals surface area contributed by atoms with Gasteiger partial charge in [-0.15, -0.1) is 0 Å². The van der Waals surface area contributed by atoms with E-state index in [1.807, 2.05) is 72.8 Å². The number of carbonyl (C=O) groups is 1. The number of thioether (sulfide) groups is 1. The van der Waals surface area contributed by atoms with Crippen LogP contribution in [0.3, 0.4) is 0 Å². The van der Waals surface area contributed by atoms with Crippen LogP contribution in [0.2, 0.25) is 5.02 Å². The van der Waals surface area contributed by atoms with E-state index in [0.717, 1.165) is 46.1 Å². The molecule has 1 heterocycles. The minimum Gasteiger partial charge on any atom is -0.550 e. The molecule has 1 N–H and O–H groups in total. The molecule has 0 bridgehead atoms. The fraction of sp³-hybridized carbons (Fsp3) is 0.333. The summed E-state index contributed by atoms with van der Waals surface area (Å²) in [6.07, 6.45) is 1.50. The van der Waals surface area contributed by atoms with Crippen molar-refractivity contribution in [3.63, 3.8) is 0 Å². The quantitative estimate of drug-likeness (QED) is 0.249. The number of fused-ring (bicyclic) bond motifs is 1. The molecule has 0 fully saturated rings. The fourth-order valence-corrected chi connectivity index (χ4v) is 6.04. The maximum Gasteiger partial charge on any atom is 1.00 e. The molecule has 41 heavy (non-hydrogen) atoms. The molecule has 4 aromatic rings. The van der Waals surface area contributed by atoms with Crippen LogP contribution in [0.5, 0.6) is 5.75 Å². The molecule has 0 saturated carbocycles. The van der Waals surface area contributed by atoms with Crippen LogP contribution in [-0.4, -0.2) is 21.8 Å². The third-order valence-electron chi connectivity index (χ3n) is 6.88. The summed E-state index contributed by atoms with van der Waals surface area (Å²) >= 11 is 7.74. The van der Waals surface area contributed by atoms with Crippen LogP contribution >= 0.6 is 23.4 Å². The van der Waals surface area contributed by atoms with Gasteiger partial charge in [-0.05, 0) is 73.7 Å². The topological polar surface area (TPSA) is 82.5 Å². The zero-order chi connectivity index (χ0) is 28.9. The molecule has 0 aliphatic rings. The molecule has 210 valence electrons. The monoisotopic (exact) mass is 599 g/mol. The number of carboxylic acid groups (broad SMARTS) is 1. The third kappa shape index (κ3) is 9.21. The van der Waals surface area contributed by atoms with Crippen LogP contribution < -0.4 is 39.4 Å². The fourth-order valence-electron chi connectivity index (χ4n) is 4.51. The van der Waals surface area contributed by atoms with E-state index in [9.17, 15) is 15.0 Å². The van der Waals surface area contributed by atoms with Crippen molar-refractivity contribution in [2.45, 2.75) is 58.0 Å². The number of pyridine rings is 1. The van der Waals surface area contributed by atoms with Crippen LogP contribution in [0.1, 0.15) is 61.7 Å². The number of aromatic nitrogens is 1. The number of aliphatic hydroxyl groups is 1. The van der Waals surface area contributed by atoms with E-state index in [-0.39, 0.29) is 34.8 Å². The van der Waals surface area contributed by atoms with Gasteiger partial charge in [0.1, 0.15) is 12.4 Å². The number of halogens is 1. The summed E-state index contributed by atoms with van der Waals surface area (Å²) in [5.41, 5.74) is 2.73. The summed E-state index contributed by atoms with van der Waals surface area (Å²) in [6, 6.07) is 25.4. The average Bonchev–Trinajstić information content (AvgIpc) is 2.91. The second-order valence-corrected chi connectivity index (χ2v) is 12.9. The van der Waals surface area contributed by atoms with Crippen molar-refractivity contribution >= 4 is 40.2 Å². The second-order valence-electron chi connectivity index (χ2n) is 11.2. The number of aliphatic carboxylic acids is 1. The van der Waals surface area contributed by atoms with Crippen LogP contribution in [-0.2, 0) is 23.4 Å². The Hall–Kier alpha value is -2.06. The molecule has 1 aromatic heterocycles. The Bertz CT molecular complexity index is 1490. The Morgan fingerprint density at radius 1 is 1.02 bits per heavy atom. The van der Waals surface area contributed by atoms with Gasteiger partial charge in [0.25, 0.3) is 0 Å². The number of aryl methyl sites for hydroxylation is 1. The van der Waals surface area contributed by atoms with Crippen LogP contribution in [0, 0.1) is 5.41 Å². The number of hydrogen-bond acceptors (Lipinski definition) is 6. The molecule has 3 aromatic carbocycles. The Labute approximate surface area is 274 Å². The van der Waals surface area contributed by atoms with Crippen molar-refractivity contribution < 1.29 is 49.3 Å². The number of ether oxygens (including phenoxy) is 1. The molecule has 8 heteroatoms. The van der Waals surface area contributed by atoms with Crippen molar-refractivity contribution in [3.05, 3.63) is 106 Å². The number of benzene rings is 3. The molecular formula is C33H35ClNNaO4S. The average molecular weight is 600 g/mol. The van der Waals surface area contributed by atoms with Gasteiger partial charge >= 0.3 is 29.6 Å². The first-order chi connectivity index (χ1) is 18.9. The molecule has 5 nitrogen and oxygen atoms in total. The maximum atomic E-state index is 11.7. The molecule has 0 amide bonds. The summed E-state index contributed by atoms with van der Waals surface area (Å²) in [5.74, 6) is 0.0569. The summed E-state index contributed by atoms with van der Waals surface area (Å²) < 4.78 is 6.13. The van der Waals surface area contributed by atoms with E-state index in [1.165, 1.54) is 0 Å². The molecule has 0 aliphatic carbocycles. The largest absolute Gasteiger partial charge is 1.00 e. The number of carboxylic acids is 1. The molecule has 4 rings (SSSR count). The molecule has 0 aliphatic heterocycles. The first-order valence-electron chi connectivity index (χ1n) is 13.3. The third-order valence-corrected chi connectivity index (χ3v) is 8.91. The standard InChI is InChI=1S/C33H36ClNO4S.Na/c1-32(2,31(36)37)21-40-30(17-14-22-8-5-6-11-28(22)33(3,4)38)24-9-7-10-27(18-24)39-20-26-16-13-23-12-15-25(34)19-29(23)35-26;/h5-13,15-16,18-19,30,38H,14,17,20-21H2,1-4H3,(H,36,37);/q;+1/p-1. The minimum atomic E-state index is -1.06. The van der Waals surface area contributed by atoms with E-state index < -0.39 is 17.0 Å². The van der Waals surface area contributed by atoms with Gasteiger partial charge in [0.2, 0.25) is 0 Å². The SMILES string of the molecule is CC(C)(CSC(CCc1ccccc1C(C)(C)O)c1cccc(OCc2ccc3ccc(Cl)cc3n2)c1)C(=O)[O-].[Na+]. The summed E-state index contributed by atoms with van der Waals surface area (Å²) in [6.45, 7) is 7.28. The summed E-state index contributed by atoms with van der Waals surface area (Å²) in [5, 5.41) is 24.0. The summed E-state index contributed by atoms with van der Waals surface area (Å²) in [7, 11) is 0. The van der Waals surface area contributed by atoms with Crippen LogP contribution in [0.15, 0.2) is 78.9 Å². The van der Waals surface area contributed by atoms with E-state index in [4.69, 9.17) is 16.3 Å². The summed E-state index contributed by atoms with van der Waals surface area (Å²) in [4.78, 5) is 16.4. The van der Waals surface area contributed by atoms with Crippen molar-refractivity contribution in [2.75, 3.05) is 5.75 Å². The number of nitrogens with zero attached hydrogens (tertiary/aromatic N) is 1. The predicted molar refractivity (Wildman–Crippen MR) is 162 cm³/mol. The first-order valence-corrected chi connectivity index (χ1v) is 14.8. The van der Waals surface area contributed by atoms with Crippen molar-refractivity contribution in [1.29, 1.82) is 0 Å². The van der Waals surface area contributed by atoms with Crippen LogP contribution in [0.4, 0.5) is 0 Å². The number of hydrogen-bond donors (Lipinski definition) is 1. The minimum absolute atomic E-state index is 0. The van der Waals surface area contributed by atoms with Gasteiger partial charge < -0.3 is 19.7 Å². The molecule has 0 radical (unpaired) electrons. The van der Waals surface area contributed by atoms with E-state index >= 15 is 0 Å². The van der Waals surface area contributed by atoms with Crippen molar-refractivity contribution in [2.24, 2.45) is 5.41 Å². The Balaban J connectivity index is 0.00000462. The molecule has 1 unspecified atom stereocenters. The smallest absolute Gasteiger partial charge is 0.550 e. The van der Waals surface area contributed by atoms with Gasteiger partial charge in [-0.2, -0.15) is 11.8 Å². The number of carbonyl (C=O) groups excluding carboxylic acids is 1. The van der Waals surface area contributed by atoms with Gasteiger partial charge in [0.05, 0.1) is 16.8 Å². The van der Waals surface area contributed by atoms with E-state index in [2.05, 4.69) is 11.1 Å². The van der Waals surface area contributed by atoms with Crippen LogP contribution in [0.25, 0.3) is 10.9 Å². The normalized spacial score (nSPS) is 12.5. The Morgan fingerprint density at radius 3 is 2.49 bits per heavy atom. The van der Waals surface area contributed by atoms with Gasteiger partial charge in [0.15, 0.2) is 0 Å². The Morgan fingerprint density at radius 2 is 1.76 bits per heavy atom. The van der Waals surface area contributed by atoms with Gasteiger partial charge in [-0.25, -0.2) is 4.98 Å². The second kappa shape index (κ2) is 14.4. The molecular weight excluding hydrogens is 565 g/mol. The molecule has 0 saturated heterocycles. The van der Waals surface area contributed by atoms with E-state index in [0.29, 0.717) is 23.1 Å². The zero-order valence-corrected chi connectivity index (χ0v) is 27.9. The molecule has 0 spiro atoms. The van der Waals surface area contributed by atoms with Gasteiger partial charge in [-0.1, -0.05) is 74.0 Å².